The van der Waals surface area contributed by atoms with Crippen LogP contribution >= 0.6 is 0 Å². The first-order chi connectivity index (χ1) is 10.1. The fourth-order valence-electron chi connectivity index (χ4n) is 1.96. The Morgan fingerprint density at radius 2 is 2.14 bits per heavy atom. The first-order valence-corrected chi connectivity index (χ1v) is 7.07. The van der Waals surface area contributed by atoms with Crippen LogP contribution in [0.2, 0.25) is 0 Å². The second-order valence-corrected chi connectivity index (χ2v) is 4.91. The van der Waals surface area contributed by atoms with Crippen molar-refractivity contribution in [2.45, 2.75) is 39.2 Å². The average Bonchev–Trinajstić information content (AvgIpc) is 2.91. The number of aromatic nitrogens is 2. The van der Waals surface area contributed by atoms with Gasteiger partial charge in [-0.05, 0) is 18.6 Å². The summed E-state index contributed by atoms with van der Waals surface area (Å²) in [5.41, 5.74) is 7.19. The maximum atomic E-state index is 12.1. The molecule has 2 rings (SSSR count). The largest absolute Gasteiger partial charge is 0.421 e. The van der Waals surface area contributed by atoms with E-state index in [0.717, 1.165) is 12.8 Å². The third kappa shape index (κ3) is 3.88. The summed E-state index contributed by atoms with van der Waals surface area (Å²) in [6.45, 7) is 3.79. The second-order valence-electron chi connectivity index (χ2n) is 4.91. The standard InChI is InChI=1S/C15H20N4O2/c1-3-4-8-12(16)14(20)17-13-9-6-5-7-11(13)15-19-18-10(2)21-15/h5-7,9,12H,3-4,8,16H2,1-2H3,(H,17,20). The van der Waals surface area contributed by atoms with Crippen LogP contribution in [0.5, 0.6) is 0 Å². The number of nitrogens with two attached hydrogens (primary N) is 1. The summed E-state index contributed by atoms with van der Waals surface area (Å²) >= 11 is 0. The number of rotatable bonds is 6. The molecule has 1 heterocycles. The number of carbonyl (C=O) groups excluding carboxylic acids is 1. The van der Waals surface area contributed by atoms with Crippen LogP contribution in [0.1, 0.15) is 32.1 Å². The van der Waals surface area contributed by atoms with Gasteiger partial charge in [-0.3, -0.25) is 4.79 Å². The van der Waals surface area contributed by atoms with Crippen molar-refractivity contribution >= 4 is 11.6 Å². The second kappa shape index (κ2) is 6.99. The van der Waals surface area contributed by atoms with Gasteiger partial charge in [0, 0.05) is 6.92 Å². The molecule has 1 unspecified atom stereocenters. The van der Waals surface area contributed by atoms with Crippen LogP contribution < -0.4 is 11.1 Å². The lowest BCUT2D eigenvalue weighted by atomic mass is 10.1. The van der Waals surface area contributed by atoms with Crippen molar-refractivity contribution in [3.8, 4) is 11.5 Å². The molecule has 3 N–H and O–H groups in total. The van der Waals surface area contributed by atoms with Crippen LogP contribution in [-0.2, 0) is 4.79 Å². The Labute approximate surface area is 123 Å². The van der Waals surface area contributed by atoms with Crippen LogP contribution in [0.25, 0.3) is 11.5 Å². The molecule has 112 valence electrons. The van der Waals surface area contributed by atoms with Crippen molar-refractivity contribution < 1.29 is 9.21 Å². The van der Waals surface area contributed by atoms with Gasteiger partial charge in [0.15, 0.2) is 0 Å². The Hall–Kier alpha value is -2.21. The normalized spacial score (nSPS) is 12.1. The van der Waals surface area contributed by atoms with Gasteiger partial charge in [-0.15, -0.1) is 10.2 Å². The Morgan fingerprint density at radius 3 is 2.81 bits per heavy atom. The van der Waals surface area contributed by atoms with Gasteiger partial charge in [-0.1, -0.05) is 31.9 Å². The third-order valence-electron chi connectivity index (χ3n) is 3.15. The van der Waals surface area contributed by atoms with Crippen LogP contribution in [0.3, 0.4) is 0 Å². The van der Waals surface area contributed by atoms with Gasteiger partial charge in [-0.2, -0.15) is 0 Å². The number of aryl methyl sites for hydroxylation is 1. The fraction of sp³-hybridized carbons (Fsp3) is 0.400. The molecular formula is C15H20N4O2. The number of unbranched alkanes of at least 4 members (excludes halogenated alkanes) is 1. The molecule has 0 radical (unpaired) electrons. The van der Waals surface area contributed by atoms with Crippen molar-refractivity contribution in [2.24, 2.45) is 5.73 Å². The number of hydrogen-bond donors (Lipinski definition) is 2. The highest BCUT2D eigenvalue weighted by Crippen LogP contribution is 2.26. The maximum Gasteiger partial charge on any atom is 0.249 e. The number of hydrogen-bond acceptors (Lipinski definition) is 5. The molecule has 0 saturated carbocycles. The lowest BCUT2D eigenvalue weighted by Crippen LogP contribution is -2.35. The van der Waals surface area contributed by atoms with Crippen LogP contribution in [0, 0.1) is 6.92 Å². The quantitative estimate of drug-likeness (QED) is 0.851. The van der Waals surface area contributed by atoms with E-state index in [1.807, 2.05) is 18.2 Å². The maximum absolute atomic E-state index is 12.1. The highest BCUT2D eigenvalue weighted by atomic mass is 16.4. The van der Waals surface area contributed by atoms with E-state index in [2.05, 4.69) is 22.4 Å². The predicted molar refractivity (Wildman–Crippen MR) is 80.6 cm³/mol. The third-order valence-corrected chi connectivity index (χ3v) is 3.15. The molecule has 0 saturated heterocycles. The average molecular weight is 288 g/mol. The first-order valence-electron chi connectivity index (χ1n) is 7.07. The van der Waals surface area contributed by atoms with E-state index in [-0.39, 0.29) is 5.91 Å². The molecular weight excluding hydrogens is 268 g/mol. The summed E-state index contributed by atoms with van der Waals surface area (Å²) in [4.78, 5) is 12.1. The van der Waals surface area contributed by atoms with Gasteiger partial charge in [0.2, 0.25) is 17.7 Å². The highest BCUT2D eigenvalue weighted by Gasteiger charge is 2.16. The Balaban J connectivity index is 2.15. The van der Waals surface area contributed by atoms with Crippen LogP contribution in [0.4, 0.5) is 5.69 Å². The minimum atomic E-state index is -0.512. The van der Waals surface area contributed by atoms with Crippen LogP contribution in [0.15, 0.2) is 28.7 Å². The van der Waals surface area contributed by atoms with E-state index in [1.54, 1.807) is 13.0 Å². The number of nitrogens with zero attached hydrogens (tertiary/aromatic N) is 2. The minimum absolute atomic E-state index is 0.202. The van der Waals surface area contributed by atoms with E-state index in [4.69, 9.17) is 10.2 Å². The number of anilines is 1. The van der Waals surface area contributed by atoms with Gasteiger partial charge in [0.1, 0.15) is 0 Å². The molecule has 0 spiro atoms. The van der Waals surface area contributed by atoms with Gasteiger partial charge in [0.25, 0.3) is 0 Å². The van der Waals surface area contributed by atoms with Crippen molar-refractivity contribution in [1.29, 1.82) is 0 Å². The number of nitrogens with one attached hydrogen (secondary N) is 1. The first kappa shape index (κ1) is 15.2. The highest BCUT2D eigenvalue weighted by molar-refractivity contribution is 5.97. The predicted octanol–water partition coefficient (Wildman–Crippen LogP) is 2.50. The fourth-order valence-corrected chi connectivity index (χ4v) is 1.96. The molecule has 0 bridgehead atoms. The number of amides is 1. The number of carbonyl (C=O) groups is 1. The molecule has 0 aliphatic rings. The van der Waals surface area contributed by atoms with Crippen molar-refractivity contribution in [3.63, 3.8) is 0 Å². The summed E-state index contributed by atoms with van der Waals surface area (Å²) in [6.07, 6.45) is 2.61. The van der Waals surface area contributed by atoms with Crippen molar-refractivity contribution in [1.82, 2.24) is 10.2 Å². The molecule has 6 nitrogen and oxygen atoms in total. The molecule has 1 atom stereocenters. The summed E-state index contributed by atoms with van der Waals surface area (Å²) in [5.74, 6) is 0.656. The van der Waals surface area contributed by atoms with Crippen molar-refractivity contribution in [2.75, 3.05) is 5.32 Å². The zero-order valence-corrected chi connectivity index (χ0v) is 12.3. The number of benzene rings is 1. The van der Waals surface area contributed by atoms with E-state index >= 15 is 0 Å². The molecule has 1 aromatic carbocycles. The Kier molecular flexibility index (Phi) is 5.05. The molecule has 1 amide bonds. The lowest BCUT2D eigenvalue weighted by Gasteiger charge is -2.13. The lowest BCUT2D eigenvalue weighted by molar-refractivity contribution is -0.117. The van der Waals surface area contributed by atoms with E-state index in [1.165, 1.54) is 0 Å². The molecule has 6 heteroatoms. The molecule has 21 heavy (non-hydrogen) atoms. The molecule has 0 aliphatic heterocycles. The van der Waals surface area contributed by atoms with Gasteiger partial charge in [0.05, 0.1) is 17.3 Å². The van der Waals surface area contributed by atoms with E-state index < -0.39 is 6.04 Å². The topological polar surface area (TPSA) is 94.0 Å². The summed E-state index contributed by atoms with van der Waals surface area (Å²) in [5, 5.41) is 10.6. The minimum Gasteiger partial charge on any atom is -0.421 e. The monoisotopic (exact) mass is 288 g/mol. The molecule has 0 fully saturated rings. The SMILES string of the molecule is CCCCC(N)C(=O)Nc1ccccc1-c1nnc(C)o1. The Morgan fingerprint density at radius 1 is 1.38 bits per heavy atom. The summed E-state index contributed by atoms with van der Waals surface area (Å²) in [7, 11) is 0. The molecule has 2 aromatic rings. The smallest absolute Gasteiger partial charge is 0.249 e. The van der Waals surface area contributed by atoms with E-state index in [9.17, 15) is 4.79 Å². The summed E-state index contributed by atoms with van der Waals surface area (Å²) < 4.78 is 5.41. The van der Waals surface area contributed by atoms with Crippen molar-refractivity contribution in [3.05, 3.63) is 30.2 Å². The zero-order valence-electron chi connectivity index (χ0n) is 12.3. The zero-order chi connectivity index (χ0) is 15.2. The molecule has 0 aliphatic carbocycles. The number of para-hydroxylation sites is 1. The Bertz CT molecular complexity index is 609. The van der Waals surface area contributed by atoms with Gasteiger partial charge >= 0.3 is 0 Å². The van der Waals surface area contributed by atoms with E-state index in [0.29, 0.717) is 29.5 Å². The van der Waals surface area contributed by atoms with Gasteiger partial charge < -0.3 is 15.5 Å². The van der Waals surface area contributed by atoms with Gasteiger partial charge in [-0.25, -0.2) is 0 Å². The van der Waals surface area contributed by atoms with Crippen LogP contribution in [-0.4, -0.2) is 22.1 Å². The summed E-state index contributed by atoms with van der Waals surface area (Å²) in [6, 6.07) is 6.78. The molecule has 1 aromatic heterocycles.